The first-order chi connectivity index (χ1) is 6.99. The third-order valence-corrected chi connectivity index (χ3v) is 1.46. The van der Waals surface area contributed by atoms with Gasteiger partial charge in [0.25, 0.3) is 5.69 Å². The van der Waals surface area contributed by atoms with Crippen molar-refractivity contribution < 1.29 is 18.1 Å². The van der Waals surface area contributed by atoms with Gasteiger partial charge in [0.05, 0.1) is 11.0 Å². The number of halogens is 3. The third-order valence-electron chi connectivity index (χ3n) is 1.46. The fraction of sp³-hybridized carbons (Fsp3) is 0. The molecule has 6 nitrogen and oxygen atoms in total. The molecule has 0 aliphatic rings. The zero-order valence-corrected chi connectivity index (χ0v) is 6.82. The molecule has 0 fully saturated rings. The van der Waals surface area contributed by atoms with Crippen molar-refractivity contribution in [2.75, 3.05) is 0 Å². The van der Waals surface area contributed by atoms with E-state index in [1.54, 1.807) is 0 Å². The lowest BCUT2D eigenvalue weighted by Crippen LogP contribution is -1.97. The fourth-order valence-electron chi connectivity index (χ4n) is 0.852. The molecule has 0 saturated carbocycles. The summed E-state index contributed by atoms with van der Waals surface area (Å²) in [6, 6.07) is 0.141. The van der Waals surface area contributed by atoms with Gasteiger partial charge in [0, 0.05) is 4.91 Å². The Labute approximate surface area is 79.7 Å². The number of azide groups is 1. The van der Waals surface area contributed by atoms with E-state index in [4.69, 9.17) is 5.53 Å². The van der Waals surface area contributed by atoms with Gasteiger partial charge in [0.1, 0.15) is 0 Å². The molecule has 78 valence electrons. The van der Waals surface area contributed by atoms with Gasteiger partial charge in [-0.05, 0) is 5.53 Å². The van der Waals surface area contributed by atoms with Crippen LogP contribution in [-0.2, 0) is 0 Å². The number of hydrogen-bond acceptors (Lipinski definition) is 3. The van der Waals surface area contributed by atoms with Gasteiger partial charge >= 0.3 is 0 Å². The van der Waals surface area contributed by atoms with Crippen LogP contribution in [0.2, 0.25) is 0 Å². The summed E-state index contributed by atoms with van der Waals surface area (Å²) in [4.78, 5) is 11.2. The molecule has 0 atom stereocenters. The summed E-state index contributed by atoms with van der Waals surface area (Å²) in [5, 5.41) is 12.9. The van der Waals surface area contributed by atoms with Gasteiger partial charge in [-0.2, -0.15) is 0 Å². The summed E-state index contributed by atoms with van der Waals surface area (Å²) < 4.78 is 38.1. The van der Waals surface area contributed by atoms with E-state index < -0.39 is 33.7 Å². The Morgan fingerprint density at radius 1 is 1.40 bits per heavy atom. The second-order valence-electron chi connectivity index (χ2n) is 2.30. The van der Waals surface area contributed by atoms with E-state index in [0.29, 0.717) is 0 Å². The monoisotopic (exact) mass is 218 g/mol. The molecule has 1 rings (SSSR count). The largest absolute Gasteiger partial charge is 0.285 e. The molecular formula is C6HF3N4O2. The average Bonchev–Trinajstić information content (AvgIpc) is 2.18. The molecule has 1 aromatic carbocycles. The molecule has 0 bridgehead atoms. The molecule has 0 unspecified atom stereocenters. The quantitative estimate of drug-likeness (QED) is 0.190. The first kappa shape index (κ1) is 10.8. The minimum absolute atomic E-state index is 0.141. The Morgan fingerprint density at radius 2 is 2.00 bits per heavy atom. The molecule has 0 saturated heterocycles. The molecule has 0 aromatic heterocycles. The van der Waals surface area contributed by atoms with Crippen LogP contribution in [-0.4, -0.2) is 4.92 Å². The van der Waals surface area contributed by atoms with Crippen LogP contribution in [0.4, 0.5) is 24.5 Å². The predicted molar refractivity (Wildman–Crippen MR) is 41.8 cm³/mol. The summed E-state index contributed by atoms with van der Waals surface area (Å²) >= 11 is 0. The van der Waals surface area contributed by atoms with E-state index in [0.717, 1.165) is 0 Å². The average molecular weight is 218 g/mol. The highest BCUT2D eigenvalue weighted by Gasteiger charge is 2.24. The van der Waals surface area contributed by atoms with Gasteiger partial charge < -0.3 is 0 Å². The van der Waals surface area contributed by atoms with Crippen molar-refractivity contribution in [2.24, 2.45) is 5.11 Å². The summed E-state index contributed by atoms with van der Waals surface area (Å²) in [7, 11) is 0. The Kier molecular flexibility index (Phi) is 2.77. The smallest absolute Gasteiger partial charge is 0.258 e. The second kappa shape index (κ2) is 3.84. The molecule has 0 aliphatic heterocycles. The first-order valence-corrected chi connectivity index (χ1v) is 3.36. The highest BCUT2D eigenvalue weighted by atomic mass is 19.2. The second-order valence-corrected chi connectivity index (χ2v) is 2.30. The maximum Gasteiger partial charge on any atom is 0.285 e. The van der Waals surface area contributed by atoms with Crippen molar-refractivity contribution >= 4 is 11.4 Å². The summed E-state index contributed by atoms with van der Waals surface area (Å²) in [6.45, 7) is 0. The van der Waals surface area contributed by atoms with E-state index in [1.165, 1.54) is 0 Å². The van der Waals surface area contributed by atoms with E-state index in [9.17, 15) is 23.3 Å². The lowest BCUT2D eigenvalue weighted by atomic mass is 10.2. The molecule has 9 heteroatoms. The summed E-state index contributed by atoms with van der Waals surface area (Å²) in [5.74, 6) is -5.54. The maximum atomic E-state index is 12.9. The molecule has 1 aromatic rings. The van der Waals surface area contributed by atoms with Crippen LogP contribution < -0.4 is 0 Å². The number of nitro groups is 1. The van der Waals surface area contributed by atoms with E-state index in [-0.39, 0.29) is 6.07 Å². The van der Waals surface area contributed by atoms with E-state index in [2.05, 4.69) is 10.0 Å². The van der Waals surface area contributed by atoms with Crippen molar-refractivity contribution in [3.05, 3.63) is 44.1 Å². The first-order valence-electron chi connectivity index (χ1n) is 3.36. The molecule has 0 radical (unpaired) electrons. The standard InChI is InChI=1S/C6HF3N4O2/c7-2-1-3(13(14)15)6(11-12-10)5(9)4(2)8/h1H. The van der Waals surface area contributed by atoms with Crippen molar-refractivity contribution in [1.82, 2.24) is 0 Å². The lowest BCUT2D eigenvalue weighted by Gasteiger charge is -2.00. The molecule has 0 N–H and O–H groups in total. The van der Waals surface area contributed by atoms with Crippen LogP contribution in [0, 0.1) is 27.6 Å². The molecule has 0 amide bonds. The number of hydrogen-bond donors (Lipinski definition) is 0. The SMILES string of the molecule is [N-]=[N+]=Nc1c([N+](=O)[O-])cc(F)c(F)c1F. The van der Waals surface area contributed by atoms with Crippen molar-refractivity contribution in [1.29, 1.82) is 0 Å². The van der Waals surface area contributed by atoms with Crippen LogP contribution in [0.25, 0.3) is 10.4 Å². The van der Waals surface area contributed by atoms with E-state index >= 15 is 0 Å². The fourth-order valence-corrected chi connectivity index (χ4v) is 0.852. The predicted octanol–water partition coefficient (Wildman–Crippen LogP) is 2.95. The molecular weight excluding hydrogens is 217 g/mol. The molecule has 0 aliphatic carbocycles. The van der Waals surface area contributed by atoms with Crippen molar-refractivity contribution in [2.45, 2.75) is 0 Å². The summed E-state index contributed by atoms with van der Waals surface area (Å²) in [5.41, 5.74) is 5.65. The number of nitro benzene ring substituents is 1. The van der Waals surface area contributed by atoms with Gasteiger partial charge in [0.2, 0.25) is 0 Å². The van der Waals surface area contributed by atoms with Gasteiger partial charge in [0.15, 0.2) is 23.1 Å². The van der Waals surface area contributed by atoms with Crippen LogP contribution in [0.3, 0.4) is 0 Å². The molecule has 15 heavy (non-hydrogen) atoms. The highest BCUT2D eigenvalue weighted by Crippen LogP contribution is 2.33. The Balaban J connectivity index is 3.64. The Bertz CT molecular complexity index is 484. The lowest BCUT2D eigenvalue weighted by molar-refractivity contribution is -0.384. The number of nitrogens with zero attached hydrogens (tertiary/aromatic N) is 4. The molecule has 0 heterocycles. The van der Waals surface area contributed by atoms with Crippen molar-refractivity contribution in [3.8, 4) is 0 Å². The number of benzene rings is 1. The van der Waals surface area contributed by atoms with Gasteiger partial charge in [-0.3, -0.25) is 10.1 Å². The summed E-state index contributed by atoms with van der Waals surface area (Å²) in [6.07, 6.45) is 0. The zero-order valence-electron chi connectivity index (χ0n) is 6.82. The van der Waals surface area contributed by atoms with Gasteiger partial charge in [-0.25, -0.2) is 13.2 Å². The minimum atomic E-state index is -1.93. The Hall–Kier alpha value is -2.28. The van der Waals surface area contributed by atoms with Crippen LogP contribution in [0.5, 0.6) is 0 Å². The normalized spacial score (nSPS) is 9.53. The minimum Gasteiger partial charge on any atom is -0.258 e. The van der Waals surface area contributed by atoms with E-state index in [1.807, 2.05) is 0 Å². The number of rotatable bonds is 2. The zero-order chi connectivity index (χ0) is 11.6. The van der Waals surface area contributed by atoms with Crippen molar-refractivity contribution in [3.63, 3.8) is 0 Å². The van der Waals surface area contributed by atoms with Crippen LogP contribution >= 0.6 is 0 Å². The van der Waals surface area contributed by atoms with Gasteiger partial charge in [-0.15, -0.1) is 0 Å². The third kappa shape index (κ3) is 1.81. The molecule has 0 spiro atoms. The highest BCUT2D eigenvalue weighted by molar-refractivity contribution is 5.58. The van der Waals surface area contributed by atoms with Gasteiger partial charge in [-0.1, -0.05) is 5.11 Å². The van der Waals surface area contributed by atoms with Crippen LogP contribution in [0.1, 0.15) is 0 Å². The topological polar surface area (TPSA) is 91.9 Å². The maximum absolute atomic E-state index is 12.9. The van der Waals surface area contributed by atoms with Crippen LogP contribution in [0.15, 0.2) is 11.2 Å². The Morgan fingerprint density at radius 3 is 2.47 bits per heavy atom.